The van der Waals surface area contributed by atoms with Crippen LogP contribution in [-0.4, -0.2) is 35.6 Å². The number of allylic oxidation sites excluding steroid dienone is 4. The van der Waals surface area contributed by atoms with Gasteiger partial charge < -0.3 is 9.84 Å². The maximum absolute atomic E-state index is 15.3. The highest BCUT2D eigenvalue weighted by Crippen LogP contribution is 2.65. The number of ether oxygens (including phenoxy) is 1. The SMILES string of the molecule is COc1cc(C2C3=CCC4C(=O)N(c5ccc(Cl)cc5)C(=O)C4C3CC3C(=O)C(c4ccccc4)=CC(=O)C32c2ccccc2)c(Br)c(Br)c1O. The average Bonchev–Trinajstić information content (AvgIpc) is 3.41. The number of hydrogen-bond donors (Lipinski definition) is 1. The first-order valence-corrected chi connectivity index (χ1v) is 18.5. The van der Waals surface area contributed by atoms with Gasteiger partial charge in [-0.1, -0.05) is 83.9 Å². The number of ketones is 2. The second-order valence-electron chi connectivity index (χ2n) is 13.4. The van der Waals surface area contributed by atoms with E-state index in [1.54, 1.807) is 30.3 Å². The molecule has 51 heavy (non-hydrogen) atoms. The summed E-state index contributed by atoms with van der Waals surface area (Å²) in [6, 6.07) is 26.8. The van der Waals surface area contributed by atoms with Crippen LogP contribution in [-0.2, 0) is 24.6 Å². The van der Waals surface area contributed by atoms with Crippen LogP contribution in [0.15, 0.2) is 118 Å². The number of amides is 2. The van der Waals surface area contributed by atoms with Gasteiger partial charge in [0.25, 0.3) is 0 Å². The molecule has 4 aromatic carbocycles. The molecular weight excluding hydrogens is 798 g/mol. The number of fused-ring (bicyclic) bond motifs is 4. The maximum Gasteiger partial charge on any atom is 0.238 e. The number of nitrogens with zero attached hydrogens (tertiary/aromatic N) is 1. The summed E-state index contributed by atoms with van der Waals surface area (Å²) in [5.41, 5.74) is 2.01. The zero-order valence-corrected chi connectivity index (χ0v) is 31.1. The summed E-state index contributed by atoms with van der Waals surface area (Å²) in [5.74, 6) is -4.70. The summed E-state index contributed by atoms with van der Waals surface area (Å²) in [4.78, 5) is 60.2. The number of phenolic OH excluding ortho intramolecular Hbond substituents is 1. The molecule has 0 bridgehead atoms. The molecule has 6 unspecified atom stereocenters. The molecule has 1 saturated heterocycles. The Morgan fingerprint density at radius 1 is 0.863 bits per heavy atom. The fourth-order valence-corrected chi connectivity index (χ4v) is 10.1. The molecule has 0 radical (unpaired) electrons. The Hall–Kier alpha value is -4.31. The van der Waals surface area contributed by atoms with Gasteiger partial charge in [-0.3, -0.25) is 24.1 Å². The standard InChI is InChI=1S/C41H30Br2ClNO6/c1-51-31-19-29(35(42)36(43)38(31)48)34-25-16-17-26-33(40(50)45(39(26)49)24-14-12-23(44)13-15-24)28(25)18-30-37(47)27(21-8-4-2-5-9-21)20-32(46)41(30,34)22-10-6-3-7-11-22/h2-16,19-20,26,28,30,33-34,48H,17-18H2,1H3. The molecule has 2 amide bonds. The zero-order chi connectivity index (χ0) is 35.8. The third-order valence-electron chi connectivity index (χ3n) is 11.2. The second-order valence-corrected chi connectivity index (χ2v) is 15.4. The summed E-state index contributed by atoms with van der Waals surface area (Å²) in [6.45, 7) is 0. The number of anilines is 1. The summed E-state index contributed by atoms with van der Waals surface area (Å²) in [5, 5.41) is 11.5. The van der Waals surface area contributed by atoms with Crippen molar-refractivity contribution in [3.63, 3.8) is 0 Å². The second kappa shape index (κ2) is 12.7. The molecule has 10 heteroatoms. The van der Waals surface area contributed by atoms with E-state index in [0.717, 1.165) is 5.57 Å². The van der Waals surface area contributed by atoms with E-state index in [1.165, 1.54) is 18.1 Å². The Bertz CT molecular complexity index is 2200. The molecule has 1 saturated carbocycles. The lowest BCUT2D eigenvalue weighted by Crippen LogP contribution is -2.59. The highest BCUT2D eigenvalue weighted by Gasteiger charge is 2.66. The maximum atomic E-state index is 15.3. The van der Waals surface area contributed by atoms with Gasteiger partial charge in [0.15, 0.2) is 23.1 Å². The first-order chi connectivity index (χ1) is 24.6. The highest BCUT2D eigenvalue weighted by atomic mass is 79.9. The van der Waals surface area contributed by atoms with Gasteiger partial charge in [0.05, 0.1) is 34.5 Å². The molecule has 1 aliphatic heterocycles. The average molecular weight is 828 g/mol. The van der Waals surface area contributed by atoms with E-state index in [2.05, 4.69) is 31.9 Å². The zero-order valence-electron chi connectivity index (χ0n) is 27.2. The van der Waals surface area contributed by atoms with Crippen molar-refractivity contribution in [2.45, 2.75) is 24.2 Å². The van der Waals surface area contributed by atoms with Crippen LogP contribution in [0.2, 0.25) is 5.02 Å². The third kappa shape index (κ3) is 4.95. The van der Waals surface area contributed by atoms with E-state index >= 15 is 9.59 Å². The van der Waals surface area contributed by atoms with Gasteiger partial charge in [0.1, 0.15) is 0 Å². The van der Waals surface area contributed by atoms with E-state index in [1.807, 2.05) is 66.7 Å². The Morgan fingerprint density at radius 3 is 2.20 bits per heavy atom. The first kappa shape index (κ1) is 33.8. The fourth-order valence-electron chi connectivity index (χ4n) is 9.04. The number of phenols is 1. The van der Waals surface area contributed by atoms with Gasteiger partial charge in [0.2, 0.25) is 11.8 Å². The molecule has 4 aromatic rings. The molecule has 0 aromatic heterocycles. The summed E-state index contributed by atoms with van der Waals surface area (Å²) >= 11 is 13.4. The number of aromatic hydroxyl groups is 1. The smallest absolute Gasteiger partial charge is 0.238 e. The minimum atomic E-state index is -1.43. The van der Waals surface area contributed by atoms with E-state index in [9.17, 15) is 14.7 Å². The van der Waals surface area contributed by atoms with E-state index in [-0.39, 0.29) is 47.7 Å². The normalized spacial score (nSPS) is 27.0. The van der Waals surface area contributed by atoms with Crippen molar-refractivity contribution in [1.29, 1.82) is 0 Å². The highest BCUT2D eigenvalue weighted by molar-refractivity contribution is 9.13. The molecule has 1 N–H and O–H groups in total. The number of Topliss-reactive ketones (excluding diaryl/α,β-unsaturated/α-hetero) is 1. The van der Waals surface area contributed by atoms with Gasteiger partial charge in [-0.25, -0.2) is 0 Å². The Balaban J connectivity index is 1.40. The monoisotopic (exact) mass is 825 g/mol. The summed E-state index contributed by atoms with van der Waals surface area (Å²) in [6.07, 6.45) is 3.93. The number of imide groups is 1. The van der Waals surface area contributed by atoms with Crippen LogP contribution in [0.5, 0.6) is 11.5 Å². The Labute approximate surface area is 316 Å². The number of methoxy groups -OCH3 is 1. The minimum absolute atomic E-state index is 0.129. The number of halogens is 3. The van der Waals surface area contributed by atoms with Crippen molar-refractivity contribution in [1.82, 2.24) is 0 Å². The molecule has 7 nitrogen and oxygen atoms in total. The molecule has 2 fully saturated rings. The van der Waals surface area contributed by atoms with Crippen LogP contribution in [0.25, 0.3) is 5.57 Å². The number of carbonyl (C=O) groups excluding carboxylic acids is 4. The van der Waals surface area contributed by atoms with Crippen LogP contribution in [0.1, 0.15) is 35.4 Å². The van der Waals surface area contributed by atoms with Crippen LogP contribution in [0.4, 0.5) is 5.69 Å². The minimum Gasteiger partial charge on any atom is -0.503 e. The number of benzene rings is 4. The van der Waals surface area contributed by atoms with Crippen LogP contribution < -0.4 is 9.64 Å². The van der Waals surface area contributed by atoms with Crippen molar-refractivity contribution in [2.75, 3.05) is 12.0 Å². The molecular formula is C41H30Br2ClNO6. The summed E-state index contributed by atoms with van der Waals surface area (Å²) in [7, 11) is 1.45. The Morgan fingerprint density at radius 2 is 1.53 bits per heavy atom. The van der Waals surface area contributed by atoms with Gasteiger partial charge in [-0.05, 0) is 104 Å². The molecule has 256 valence electrons. The van der Waals surface area contributed by atoms with Crippen LogP contribution >= 0.6 is 43.5 Å². The molecule has 0 spiro atoms. The number of rotatable bonds is 5. The predicted molar refractivity (Wildman–Crippen MR) is 201 cm³/mol. The van der Waals surface area contributed by atoms with Crippen molar-refractivity contribution in [2.24, 2.45) is 23.7 Å². The largest absolute Gasteiger partial charge is 0.503 e. The summed E-state index contributed by atoms with van der Waals surface area (Å²) < 4.78 is 6.43. The molecule has 3 aliphatic carbocycles. The quantitative estimate of drug-likeness (QED) is 0.160. The lowest BCUT2D eigenvalue weighted by molar-refractivity contribution is -0.135. The van der Waals surface area contributed by atoms with Gasteiger partial charge in [-0.2, -0.15) is 0 Å². The van der Waals surface area contributed by atoms with Gasteiger partial charge >= 0.3 is 0 Å². The first-order valence-electron chi connectivity index (χ1n) is 16.6. The van der Waals surface area contributed by atoms with Crippen LogP contribution in [0, 0.1) is 23.7 Å². The molecule has 4 aliphatic rings. The lowest BCUT2D eigenvalue weighted by atomic mass is 9.44. The molecule has 1 heterocycles. The number of carbonyl (C=O) groups is 4. The van der Waals surface area contributed by atoms with E-state index in [0.29, 0.717) is 41.9 Å². The van der Waals surface area contributed by atoms with Gasteiger partial charge in [-0.15, -0.1) is 0 Å². The molecule has 6 atom stereocenters. The topological polar surface area (TPSA) is 101 Å². The van der Waals surface area contributed by atoms with Crippen molar-refractivity contribution in [3.05, 3.63) is 139 Å². The Kier molecular flexibility index (Phi) is 8.44. The van der Waals surface area contributed by atoms with E-state index < -0.39 is 35.0 Å². The van der Waals surface area contributed by atoms with E-state index in [4.69, 9.17) is 16.3 Å². The van der Waals surface area contributed by atoms with Crippen molar-refractivity contribution in [3.8, 4) is 11.5 Å². The third-order valence-corrected chi connectivity index (χ3v) is 13.6. The molecule has 8 rings (SSSR count). The van der Waals surface area contributed by atoms with Crippen LogP contribution in [0.3, 0.4) is 0 Å². The predicted octanol–water partition coefficient (Wildman–Crippen LogP) is 8.61. The van der Waals surface area contributed by atoms with Gasteiger partial charge in [0, 0.05) is 26.9 Å². The lowest BCUT2D eigenvalue weighted by Gasteiger charge is -2.55. The number of hydrogen-bond acceptors (Lipinski definition) is 6. The van der Waals surface area contributed by atoms with Crippen molar-refractivity contribution < 1.29 is 29.0 Å². The fraction of sp³-hybridized carbons (Fsp3) is 0.220. The van der Waals surface area contributed by atoms with Crippen molar-refractivity contribution >= 4 is 78.1 Å².